The second-order valence-corrected chi connectivity index (χ2v) is 5.43. The molecule has 0 aliphatic heterocycles. The van der Waals surface area contributed by atoms with E-state index < -0.39 is 0 Å². The van der Waals surface area contributed by atoms with E-state index in [0.29, 0.717) is 17.1 Å². The summed E-state index contributed by atoms with van der Waals surface area (Å²) in [5.41, 5.74) is 3.44. The highest BCUT2D eigenvalue weighted by Crippen LogP contribution is 2.18. The fourth-order valence-corrected chi connectivity index (χ4v) is 2.55. The summed E-state index contributed by atoms with van der Waals surface area (Å²) in [4.78, 5) is 16.6. The molecule has 2 aromatic heterocycles. The molecule has 0 unspecified atom stereocenters. The van der Waals surface area contributed by atoms with Crippen LogP contribution in [0.3, 0.4) is 0 Å². The number of para-hydroxylation sites is 2. The third kappa shape index (κ3) is 2.54. The lowest BCUT2D eigenvalue weighted by molar-refractivity contribution is 0.102. The van der Waals surface area contributed by atoms with Gasteiger partial charge in [0.15, 0.2) is 5.82 Å². The topological polar surface area (TPSA) is 73.0 Å². The predicted molar refractivity (Wildman–Crippen MR) is 90.3 cm³/mol. The summed E-state index contributed by atoms with van der Waals surface area (Å²) in [6.07, 6.45) is 1.78. The normalized spacial score (nSPS) is 10.9. The number of aromatic nitrogens is 3. The molecular weight excluding hydrogens is 304 g/mol. The molecule has 0 saturated carbocycles. The number of rotatable bonds is 3. The molecule has 118 valence electrons. The van der Waals surface area contributed by atoms with Gasteiger partial charge in [-0.15, -0.1) is 0 Å². The number of carbonyl (C=O) groups excluding carboxylic acids is 1. The predicted octanol–water partition coefficient (Wildman–Crippen LogP) is 3.57. The summed E-state index contributed by atoms with van der Waals surface area (Å²) in [5.74, 6) is 0.820. The average Bonchev–Trinajstić information content (AvgIpc) is 3.21. The zero-order chi connectivity index (χ0) is 16.5. The van der Waals surface area contributed by atoms with Gasteiger partial charge in [-0.1, -0.05) is 17.3 Å². The van der Waals surface area contributed by atoms with Crippen LogP contribution < -0.4 is 5.32 Å². The smallest absolute Gasteiger partial charge is 0.256 e. The molecule has 0 saturated heterocycles. The quantitative estimate of drug-likeness (QED) is 0.626. The minimum absolute atomic E-state index is 0.231. The molecule has 1 amide bonds. The Labute approximate surface area is 137 Å². The van der Waals surface area contributed by atoms with Crippen LogP contribution in [-0.4, -0.2) is 20.6 Å². The number of nitrogens with one attached hydrogen (secondary N) is 1. The van der Waals surface area contributed by atoms with Crippen molar-refractivity contribution in [1.29, 1.82) is 0 Å². The molecule has 6 heteroatoms. The number of nitrogens with zero attached hydrogens (tertiary/aromatic N) is 3. The molecule has 0 aliphatic carbocycles. The van der Waals surface area contributed by atoms with Crippen molar-refractivity contribution < 1.29 is 9.32 Å². The third-order valence-electron chi connectivity index (χ3n) is 3.73. The molecule has 0 atom stereocenters. The van der Waals surface area contributed by atoms with Crippen molar-refractivity contribution in [3.05, 3.63) is 72.2 Å². The SMILES string of the molecule is Cc1cc(NC(=O)c2ccc(-n3cnc4ccccc43)cc2)no1. The molecular formula is C18H14N4O2. The van der Waals surface area contributed by atoms with Crippen LogP contribution in [0.1, 0.15) is 16.1 Å². The summed E-state index contributed by atoms with van der Waals surface area (Å²) in [7, 11) is 0. The zero-order valence-electron chi connectivity index (χ0n) is 12.9. The van der Waals surface area contributed by atoms with E-state index in [9.17, 15) is 4.79 Å². The van der Waals surface area contributed by atoms with Gasteiger partial charge in [-0.3, -0.25) is 9.36 Å². The number of hydrogen-bond acceptors (Lipinski definition) is 4. The van der Waals surface area contributed by atoms with Crippen molar-refractivity contribution in [2.45, 2.75) is 6.92 Å². The van der Waals surface area contributed by atoms with Gasteiger partial charge in [-0.2, -0.15) is 0 Å². The molecule has 0 aliphatic rings. The van der Waals surface area contributed by atoms with Crippen molar-refractivity contribution >= 4 is 22.8 Å². The van der Waals surface area contributed by atoms with Crippen LogP contribution in [0.2, 0.25) is 0 Å². The first-order chi connectivity index (χ1) is 11.7. The van der Waals surface area contributed by atoms with Gasteiger partial charge in [0.25, 0.3) is 5.91 Å². The lowest BCUT2D eigenvalue weighted by Gasteiger charge is -2.06. The van der Waals surface area contributed by atoms with Gasteiger partial charge in [0.05, 0.1) is 11.0 Å². The first-order valence-electron chi connectivity index (χ1n) is 7.48. The van der Waals surface area contributed by atoms with Crippen molar-refractivity contribution in [3.63, 3.8) is 0 Å². The van der Waals surface area contributed by atoms with E-state index in [1.165, 1.54) is 0 Å². The third-order valence-corrected chi connectivity index (χ3v) is 3.73. The summed E-state index contributed by atoms with van der Waals surface area (Å²) >= 11 is 0. The van der Waals surface area contributed by atoms with Crippen LogP contribution >= 0.6 is 0 Å². The van der Waals surface area contributed by atoms with E-state index in [1.807, 2.05) is 41.0 Å². The highest BCUT2D eigenvalue weighted by molar-refractivity contribution is 6.03. The molecule has 4 aromatic rings. The second-order valence-electron chi connectivity index (χ2n) is 5.43. The van der Waals surface area contributed by atoms with Gasteiger partial charge in [-0.25, -0.2) is 4.98 Å². The summed E-state index contributed by atoms with van der Waals surface area (Å²) in [6.45, 7) is 1.77. The number of imidazole rings is 1. The molecule has 0 bridgehead atoms. The highest BCUT2D eigenvalue weighted by Gasteiger charge is 2.10. The zero-order valence-corrected chi connectivity index (χ0v) is 12.9. The fraction of sp³-hybridized carbons (Fsp3) is 0.0556. The molecule has 0 spiro atoms. The number of fused-ring (bicyclic) bond motifs is 1. The largest absolute Gasteiger partial charge is 0.360 e. The Balaban J connectivity index is 1.59. The van der Waals surface area contributed by atoms with Crippen LogP contribution in [0, 0.1) is 6.92 Å². The maximum Gasteiger partial charge on any atom is 0.256 e. The number of hydrogen-bond donors (Lipinski definition) is 1. The molecule has 2 aromatic carbocycles. The van der Waals surface area contributed by atoms with Gasteiger partial charge in [0.2, 0.25) is 0 Å². The Kier molecular flexibility index (Phi) is 3.35. The van der Waals surface area contributed by atoms with E-state index >= 15 is 0 Å². The van der Waals surface area contributed by atoms with Gasteiger partial charge >= 0.3 is 0 Å². The minimum Gasteiger partial charge on any atom is -0.360 e. The van der Waals surface area contributed by atoms with Crippen molar-refractivity contribution in [1.82, 2.24) is 14.7 Å². The average molecular weight is 318 g/mol. The maximum atomic E-state index is 12.2. The number of carbonyl (C=O) groups is 1. The summed E-state index contributed by atoms with van der Waals surface area (Å²) in [6, 6.07) is 16.9. The standard InChI is InChI=1S/C18H14N4O2/c1-12-10-17(21-24-12)20-18(23)13-6-8-14(9-7-13)22-11-19-15-4-2-3-5-16(15)22/h2-11H,1H3,(H,20,21,23). The monoisotopic (exact) mass is 318 g/mol. The fourth-order valence-electron chi connectivity index (χ4n) is 2.55. The van der Waals surface area contributed by atoms with Gasteiger partial charge in [0.1, 0.15) is 12.1 Å². The van der Waals surface area contributed by atoms with E-state index in [4.69, 9.17) is 4.52 Å². The summed E-state index contributed by atoms with van der Waals surface area (Å²) < 4.78 is 6.92. The van der Waals surface area contributed by atoms with E-state index in [1.54, 1.807) is 31.5 Å². The molecule has 4 rings (SSSR count). The molecule has 1 N–H and O–H groups in total. The lowest BCUT2D eigenvalue weighted by Crippen LogP contribution is -2.12. The van der Waals surface area contributed by atoms with Crippen molar-refractivity contribution in [2.24, 2.45) is 0 Å². The second kappa shape index (κ2) is 5.66. The van der Waals surface area contributed by atoms with Gasteiger partial charge in [0, 0.05) is 17.3 Å². The Morgan fingerprint density at radius 2 is 1.92 bits per heavy atom. The Bertz CT molecular complexity index is 1010. The van der Waals surface area contributed by atoms with Crippen LogP contribution in [0.15, 0.2) is 65.4 Å². The van der Waals surface area contributed by atoms with Crippen molar-refractivity contribution in [2.75, 3.05) is 5.32 Å². The van der Waals surface area contributed by atoms with Crippen LogP contribution in [0.25, 0.3) is 16.7 Å². The molecule has 0 fully saturated rings. The van der Waals surface area contributed by atoms with E-state index in [0.717, 1.165) is 16.7 Å². The Morgan fingerprint density at radius 3 is 2.67 bits per heavy atom. The number of benzene rings is 2. The van der Waals surface area contributed by atoms with E-state index in [2.05, 4.69) is 15.5 Å². The molecule has 0 radical (unpaired) electrons. The first-order valence-corrected chi connectivity index (χ1v) is 7.48. The van der Waals surface area contributed by atoms with Crippen LogP contribution in [-0.2, 0) is 0 Å². The Morgan fingerprint density at radius 1 is 1.12 bits per heavy atom. The summed E-state index contributed by atoms with van der Waals surface area (Å²) in [5, 5.41) is 6.45. The minimum atomic E-state index is -0.231. The molecule has 24 heavy (non-hydrogen) atoms. The number of aryl methyl sites for hydroxylation is 1. The Hall–Kier alpha value is -3.41. The molecule has 6 nitrogen and oxygen atoms in total. The van der Waals surface area contributed by atoms with Gasteiger partial charge < -0.3 is 9.84 Å². The van der Waals surface area contributed by atoms with E-state index in [-0.39, 0.29) is 5.91 Å². The van der Waals surface area contributed by atoms with Crippen molar-refractivity contribution in [3.8, 4) is 5.69 Å². The van der Waals surface area contributed by atoms with Crippen LogP contribution in [0.5, 0.6) is 0 Å². The molecule has 2 heterocycles. The number of amides is 1. The lowest BCUT2D eigenvalue weighted by atomic mass is 10.2. The van der Waals surface area contributed by atoms with Crippen LogP contribution in [0.4, 0.5) is 5.82 Å². The maximum absolute atomic E-state index is 12.2. The number of anilines is 1. The highest BCUT2D eigenvalue weighted by atomic mass is 16.5. The first kappa shape index (κ1) is 14.2. The van der Waals surface area contributed by atoms with Gasteiger partial charge in [-0.05, 0) is 43.3 Å².